The molecule has 1 aliphatic carbocycles. The van der Waals surface area contributed by atoms with Gasteiger partial charge in [-0.3, -0.25) is 0 Å². The summed E-state index contributed by atoms with van der Waals surface area (Å²) in [6, 6.07) is 2.48. The fraction of sp³-hybridized carbons (Fsp3) is 0.706. The van der Waals surface area contributed by atoms with Crippen LogP contribution in [0.1, 0.15) is 44.1 Å². The number of halogens is 1. The van der Waals surface area contributed by atoms with Crippen LogP contribution in [0.3, 0.4) is 0 Å². The van der Waals surface area contributed by atoms with E-state index in [1.54, 1.807) is 6.07 Å². The molecule has 22 heavy (non-hydrogen) atoms. The van der Waals surface area contributed by atoms with Gasteiger partial charge in [0.2, 0.25) is 0 Å². The summed E-state index contributed by atoms with van der Waals surface area (Å²) in [6.07, 6.45) is 3.09. The summed E-state index contributed by atoms with van der Waals surface area (Å²) in [4.78, 5) is 7.05. The highest BCUT2D eigenvalue weighted by molar-refractivity contribution is 5.56. The Labute approximate surface area is 131 Å². The summed E-state index contributed by atoms with van der Waals surface area (Å²) < 4.78 is 20.3. The first kappa shape index (κ1) is 14.4. The number of fused-ring (bicyclic) bond motifs is 3. The molecule has 2 aliphatic heterocycles. The maximum absolute atomic E-state index is 14.4. The van der Waals surface area contributed by atoms with Crippen molar-refractivity contribution in [3.05, 3.63) is 23.1 Å². The molecule has 1 unspecified atom stereocenters. The first-order chi connectivity index (χ1) is 10.6. The van der Waals surface area contributed by atoms with Gasteiger partial charge in [0.25, 0.3) is 0 Å². The molecular weight excluding hydrogens is 281 g/mol. The number of nitrogens with zero attached hydrogens (tertiary/aromatic N) is 2. The Hall–Kier alpha value is -1.20. The van der Waals surface area contributed by atoms with E-state index in [0.29, 0.717) is 23.7 Å². The van der Waals surface area contributed by atoms with Gasteiger partial charge >= 0.3 is 0 Å². The fourth-order valence-electron chi connectivity index (χ4n) is 3.65. The lowest BCUT2D eigenvalue weighted by atomic mass is 10.1. The standard InChI is InChI=1S/C17H24FN3O/c1-10-7-19-8-14-5-13-6-15(18)16(20-17(13)21(10)14)11(2)22-9-12-3-4-12/h6,10-12,14,19H,3-5,7-9H2,1-2H3/t10-,11+,14?/m1/s1. The van der Waals surface area contributed by atoms with Gasteiger partial charge < -0.3 is 15.0 Å². The summed E-state index contributed by atoms with van der Waals surface area (Å²) in [7, 11) is 0. The van der Waals surface area contributed by atoms with Gasteiger partial charge in [-0.15, -0.1) is 0 Å². The maximum atomic E-state index is 14.4. The molecule has 1 saturated carbocycles. The van der Waals surface area contributed by atoms with Gasteiger partial charge in [0.15, 0.2) is 0 Å². The number of piperazine rings is 1. The van der Waals surface area contributed by atoms with E-state index in [1.165, 1.54) is 12.8 Å². The molecule has 3 atom stereocenters. The number of hydrogen-bond donors (Lipinski definition) is 1. The minimum Gasteiger partial charge on any atom is -0.372 e. The Morgan fingerprint density at radius 3 is 3.05 bits per heavy atom. The van der Waals surface area contributed by atoms with Crippen molar-refractivity contribution in [2.75, 3.05) is 24.6 Å². The molecule has 1 N–H and O–H groups in total. The SMILES string of the molecule is C[C@H](OCC1CC1)c1nc2c(cc1F)CC1CNC[C@@H](C)N21. The number of hydrogen-bond acceptors (Lipinski definition) is 4. The number of anilines is 1. The third-order valence-corrected chi connectivity index (χ3v) is 5.11. The maximum Gasteiger partial charge on any atom is 0.147 e. The molecule has 1 aromatic heterocycles. The lowest BCUT2D eigenvalue weighted by Crippen LogP contribution is -2.55. The molecule has 0 amide bonds. The van der Waals surface area contributed by atoms with Crippen LogP contribution in [0.4, 0.5) is 10.2 Å². The third-order valence-electron chi connectivity index (χ3n) is 5.11. The Morgan fingerprint density at radius 1 is 1.45 bits per heavy atom. The number of pyridine rings is 1. The topological polar surface area (TPSA) is 37.4 Å². The average molecular weight is 305 g/mol. The monoisotopic (exact) mass is 305 g/mol. The zero-order valence-electron chi connectivity index (χ0n) is 13.3. The van der Waals surface area contributed by atoms with Gasteiger partial charge in [0, 0.05) is 25.2 Å². The second-order valence-electron chi connectivity index (χ2n) is 7.03. The van der Waals surface area contributed by atoms with E-state index in [9.17, 15) is 4.39 Å². The van der Waals surface area contributed by atoms with E-state index in [-0.39, 0.29) is 11.9 Å². The molecule has 2 fully saturated rings. The minimum atomic E-state index is -0.275. The van der Waals surface area contributed by atoms with Crippen LogP contribution >= 0.6 is 0 Å². The van der Waals surface area contributed by atoms with E-state index in [2.05, 4.69) is 22.1 Å². The van der Waals surface area contributed by atoms with Crippen LogP contribution < -0.4 is 10.2 Å². The summed E-state index contributed by atoms with van der Waals surface area (Å²) in [5.41, 5.74) is 1.50. The van der Waals surface area contributed by atoms with Crippen LogP contribution in [-0.2, 0) is 11.2 Å². The Bertz CT molecular complexity index is 575. The summed E-state index contributed by atoms with van der Waals surface area (Å²) >= 11 is 0. The van der Waals surface area contributed by atoms with Crippen molar-refractivity contribution in [2.45, 2.75) is 51.3 Å². The van der Waals surface area contributed by atoms with Gasteiger partial charge in [-0.1, -0.05) is 0 Å². The Kier molecular flexibility index (Phi) is 3.57. The molecule has 4 nitrogen and oxygen atoms in total. The first-order valence-electron chi connectivity index (χ1n) is 8.43. The van der Waals surface area contributed by atoms with E-state index < -0.39 is 0 Å². The highest BCUT2D eigenvalue weighted by Crippen LogP contribution is 2.36. The second-order valence-corrected chi connectivity index (χ2v) is 7.03. The number of nitrogens with one attached hydrogen (secondary N) is 1. The lowest BCUT2D eigenvalue weighted by molar-refractivity contribution is 0.0526. The van der Waals surface area contributed by atoms with Crippen molar-refractivity contribution in [1.82, 2.24) is 10.3 Å². The summed E-state index contributed by atoms with van der Waals surface area (Å²) in [6.45, 7) is 6.75. The molecule has 3 heterocycles. The van der Waals surface area contributed by atoms with Crippen LogP contribution in [-0.4, -0.2) is 36.8 Å². The van der Waals surface area contributed by atoms with Crippen LogP contribution in [0.15, 0.2) is 6.07 Å². The van der Waals surface area contributed by atoms with Gasteiger partial charge in [0.05, 0.1) is 12.7 Å². The average Bonchev–Trinajstić information content (AvgIpc) is 3.24. The third kappa shape index (κ3) is 2.50. The lowest BCUT2D eigenvalue weighted by Gasteiger charge is -2.37. The number of ether oxygens (including phenoxy) is 1. The molecule has 1 aromatic rings. The van der Waals surface area contributed by atoms with Crippen molar-refractivity contribution in [3.8, 4) is 0 Å². The summed E-state index contributed by atoms with van der Waals surface area (Å²) in [5.74, 6) is 1.43. The first-order valence-corrected chi connectivity index (χ1v) is 8.43. The molecule has 5 heteroatoms. The van der Waals surface area contributed by atoms with Gasteiger partial charge in [-0.2, -0.15) is 0 Å². The van der Waals surface area contributed by atoms with Crippen molar-refractivity contribution < 1.29 is 9.13 Å². The zero-order valence-corrected chi connectivity index (χ0v) is 13.3. The molecule has 0 radical (unpaired) electrons. The molecule has 1 saturated heterocycles. The quantitative estimate of drug-likeness (QED) is 0.927. The molecule has 120 valence electrons. The van der Waals surface area contributed by atoms with E-state index in [0.717, 1.165) is 37.5 Å². The molecule has 3 aliphatic rings. The van der Waals surface area contributed by atoms with Gasteiger partial charge in [-0.05, 0) is 50.7 Å². The predicted molar refractivity (Wildman–Crippen MR) is 83.6 cm³/mol. The van der Waals surface area contributed by atoms with Crippen LogP contribution in [0.2, 0.25) is 0 Å². The minimum absolute atomic E-state index is 0.220. The van der Waals surface area contributed by atoms with E-state index in [4.69, 9.17) is 4.74 Å². The van der Waals surface area contributed by atoms with Crippen LogP contribution in [0.25, 0.3) is 0 Å². The largest absolute Gasteiger partial charge is 0.372 e. The van der Waals surface area contributed by atoms with Crippen LogP contribution in [0, 0.1) is 11.7 Å². The Morgan fingerprint density at radius 2 is 2.27 bits per heavy atom. The molecule has 0 spiro atoms. The van der Waals surface area contributed by atoms with Crippen molar-refractivity contribution in [3.63, 3.8) is 0 Å². The van der Waals surface area contributed by atoms with Crippen LogP contribution in [0.5, 0.6) is 0 Å². The molecule has 4 rings (SSSR count). The second kappa shape index (κ2) is 5.46. The Balaban J connectivity index is 1.60. The summed E-state index contributed by atoms with van der Waals surface area (Å²) in [5, 5.41) is 3.44. The smallest absolute Gasteiger partial charge is 0.147 e. The highest BCUT2D eigenvalue weighted by atomic mass is 19.1. The molecule has 0 aromatic carbocycles. The number of aromatic nitrogens is 1. The van der Waals surface area contributed by atoms with Crippen molar-refractivity contribution in [1.29, 1.82) is 0 Å². The molecular formula is C17H24FN3O. The van der Waals surface area contributed by atoms with Crippen molar-refractivity contribution in [2.24, 2.45) is 5.92 Å². The fourth-order valence-corrected chi connectivity index (χ4v) is 3.65. The normalized spacial score (nSPS) is 28.4. The van der Waals surface area contributed by atoms with E-state index in [1.807, 2.05) is 6.92 Å². The zero-order chi connectivity index (χ0) is 15.3. The number of rotatable bonds is 4. The van der Waals surface area contributed by atoms with E-state index >= 15 is 0 Å². The van der Waals surface area contributed by atoms with Gasteiger partial charge in [0.1, 0.15) is 17.3 Å². The predicted octanol–water partition coefficient (Wildman–Crippen LogP) is 2.43. The van der Waals surface area contributed by atoms with Gasteiger partial charge in [-0.25, -0.2) is 9.37 Å². The highest BCUT2D eigenvalue weighted by Gasteiger charge is 2.37. The van der Waals surface area contributed by atoms with Crippen molar-refractivity contribution >= 4 is 5.82 Å². The molecule has 0 bridgehead atoms.